The van der Waals surface area contributed by atoms with Gasteiger partial charge in [-0.05, 0) is 30.3 Å². The van der Waals surface area contributed by atoms with Crippen LogP contribution in [-0.2, 0) is 4.79 Å². The summed E-state index contributed by atoms with van der Waals surface area (Å²) in [6.45, 7) is 0. The Balaban J connectivity index is 1.92. The van der Waals surface area contributed by atoms with Crippen molar-refractivity contribution in [3.63, 3.8) is 0 Å². The molecule has 0 heterocycles. The van der Waals surface area contributed by atoms with E-state index in [1.54, 1.807) is 30.3 Å². The predicted molar refractivity (Wildman–Crippen MR) is 88.9 cm³/mol. The second kappa shape index (κ2) is 7.49. The summed E-state index contributed by atoms with van der Waals surface area (Å²) in [5, 5.41) is 14.1. The van der Waals surface area contributed by atoms with E-state index in [0.29, 0.717) is 15.7 Å². The smallest absolute Gasteiger partial charge is 0.269 e. The summed E-state index contributed by atoms with van der Waals surface area (Å²) in [7, 11) is 0. The Kier molecular flexibility index (Phi) is 5.65. The first kappa shape index (κ1) is 16.6. The fourth-order valence-electron chi connectivity index (χ4n) is 1.59. The number of nitro benzene ring substituents is 1. The van der Waals surface area contributed by atoms with E-state index in [4.69, 9.17) is 23.2 Å². The van der Waals surface area contributed by atoms with Crippen LogP contribution in [0.4, 0.5) is 11.4 Å². The SMILES string of the molecule is O=C(CSc1ccc([N+](=O)[O-])cc1)Nc1cc(Cl)ccc1Cl. The van der Waals surface area contributed by atoms with Crippen LogP contribution in [0.3, 0.4) is 0 Å². The van der Waals surface area contributed by atoms with Crippen LogP contribution < -0.4 is 5.32 Å². The number of hydrogen-bond donors (Lipinski definition) is 1. The maximum atomic E-state index is 11.9. The number of amides is 1. The average molecular weight is 357 g/mol. The lowest BCUT2D eigenvalue weighted by Gasteiger charge is -2.07. The Bertz CT molecular complexity index is 708. The number of carbonyl (C=O) groups is 1. The van der Waals surface area contributed by atoms with Crippen molar-refractivity contribution in [1.82, 2.24) is 0 Å². The molecule has 0 spiro atoms. The number of anilines is 1. The summed E-state index contributed by atoms with van der Waals surface area (Å²) in [6.07, 6.45) is 0. The van der Waals surface area contributed by atoms with Crippen molar-refractivity contribution in [2.24, 2.45) is 0 Å². The molecule has 0 saturated carbocycles. The van der Waals surface area contributed by atoms with Crippen LogP contribution in [-0.4, -0.2) is 16.6 Å². The Labute approximate surface area is 140 Å². The first-order valence-corrected chi connectivity index (χ1v) is 7.82. The number of nitrogens with zero attached hydrogens (tertiary/aromatic N) is 1. The Hall–Kier alpha value is -1.76. The van der Waals surface area contributed by atoms with Crippen molar-refractivity contribution in [1.29, 1.82) is 0 Å². The largest absolute Gasteiger partial charge is 0.324 e. The third-order valence-corrected chi connectivity index (χ3v) is 4.20. The minimum absolute atomic E-state index is 0.0134. The van der Waals surface area contributed by atoms with Gasteiger partial charge in [-0.15, -0.1) is 11.8 Å². The molecule has 0 bridgehead atoms. The van der Waals surface area contributed by atoms with Gasteiger partial charge in [0.1, 0.15) is 0 Å². The summed E-state index contributed by atoms with van der Waals surface area (Å²) >= 11 is 13.1. The highest BCUT2D eigenvalue weighted by Crippen LogP contribution is 2.26. The topological polar surface area (TPSA) is 72.2 Å². The maximum absolute atomic E-state index is 11.9. The lowest BCUT2D eigenvalue weighted by atomic mass is 10.3. The Morgan fingerprint density at radius 2 is 1.86 bits per heavy atom. The molecule has 1 amide bonds. The molecule has 0 aliphatic heterocycles. The van der Waals surface area contributed by atoms with Gasteiger partial charge in [0.15, 0.2) is 0 Å². The number of hydrogen-bond acceptors (Lipinski definition) is 4. The molecule has 1 N–H and O–H groups in total. The van der Waals surface area contributed by atoms with Crippen LogP contribution in [0.25, 0.3) is 0 Å². The van der Waals surface area contributed by atoms with E-state index >= 15 is 0 Å². The normalized spacial score (nSPS) is 10.3. The van der Waals surface area contributed by atoms with Crippen LogP contribution in [0, 0.1) is 10.1 Å². The molecule has 0 aromatic heterocycles. The lowest BCUT2D eigenvalue weighted by Crippen LogP contribution is -2.14. The van der Waals surface area contributed by atoms with Crippen LogP contribution in [0.5, 0.6) is 0 Å². The van der Waals surface area contributed by atoms with E-state index in [0.717, 1.165) is 4.90 Å². The average Bonchev–Trinajstić information content (AvgIpc) is 2.49. The molecule has 5 nitrogen and oxygen atoms in total. The van der Waals surface area contributed by atoms with Gasteiger partial charge in [-0.1, -0.05) is 23.2 Å². The molecule has 2 aromatic carbocycles. The van der Waals surface area contributed by atoms with Crippen LogP contribution >= 0.6 is 35.0 Å². The summed E-state index contributed by atoms with van der Waals surface area (Å²) in [5.74, 6) is -0.0896. The molecular weight excluding hydrogens is 347 g/mol. The zero-order valence-corrected chi connectivity index (χ0v) is 13.4. The monoisotopic (exact) mass is 356 g/mol. The maximum Gasteiger partial charge on any atom is 0.269 e. The highest BCUT2D eigenvalue weighted by molar-refractivity contribution is 8.00. The van der Waals surface area contributed by atoms with Gasteiger partial charge in [0.2, 0.25) is 5.91 Å². The number of benzene rings is 2. The van der Waals surface area contributed by atoms with Gasteiger partial charge in [0.05, 0.1) is 21.4 Å². The highest BCUT2D eigenvalue weighted by atomic mass is 35.5. The standard InChI is InChI=1S/C14H10Cl2N2O3S/c15-9-1-6-12(16)13(7-9)17-14(19)8-22-11-4-2-10(3-5-11)18(20)21/h1-7H,8H2,(H,17,19). The summed E-state index contributed by atoms with van der Waals surface area (Å²) in [6, 6.07) is 10.8. The molecule has 2 aromatic rings. The quantitative estimate of drug-likeness (QED) is 0.481. The molecule has 0 atom stereocenters. The van der Waals surface area contributed by atoms with Gasteiger partial charge in [0.25, 0.3) is 5.69 Å². The molecule has 0 unspecified atom stereocenters. The predicted octanol–water partition coefficient (Wildman–Crippen LogP) is 4.63. The molecule has 0 aliphatic rings. The van der Waals surface area contributed by atoms with E-state index in [9.17, 15) is 14.9 Å². The number of rotatable bonds is 5. The first-order chi connectivity index (χ1) is 10.5. The molecule has 0 radical (unpaired) electrons. The second-order valence-electron chi connectivity index (χ2n) is 4.21. The first-order valence-electron chi connectivity index (χ1n) is 6.08. The van der Waals surface area contributed by atoms with Crippen molar-refractivity contribution in [2.45, 2.75) is 4.90 Å². The Morgan fingerprint density at radius 1 is 1.18 bits per heavy atom. The zero-order valence-electron chi connectivity index (χ0n) is 11.1. The fourth-order valence-corrected chi connectivity index (χ4v) is 2.63. The molecule has 8 heteroatoms. The third kappa shape index (κ3) is 4.62. The number of nitrogens with one attached hydrogen (secondary N) is 1. The van der Waals surface area contributed by atoms with Crippen molar-refractivity contribution in [2.75, 3.05) is 11.1 Å². The van der Waals surface area contributed by atoms with Crippen molar-refractivity contribution < 1.29 is 9.72 Å². The van der Waals surface area contributed by atoms with E-state index in [1.807, 2.05) is 0 Å². The Morgan fingerprint density at radius 3 is 2.50 bits per heavy atom. The number of nitro groups is 1. The number of thioether (sulfide) groups is 1. The van der Waals surface area contributed by atoms with Gasteiger partial charge in [-0.25, -0.2) is 0 Å². The van der Waals surface area contributed by atoms with Gasteiger partial charge in [0, 0.05) is 22.1 Å². The molecule has 0 aliphatic carbocycles. The number of carbonyl (C=O) groups excluding carboxylic acids is 1. The zero-order chi connectivity index (χ0) is 16.1. The number of halogens is 2. The minimum Gasteiger partial charge on any atom is -0.324 e. The van der Waals surface area contributed by atoms with E-state index in [1.165, 1.54) is 23.9 Å². The molecule has 114 valence electrons. The third-order valence-electron chi connectivity index (χ3n) is 2.62. The van der Waals surface area contributed by atoms with Crippen molar-refractivity contribution >= 4 is 52.2 Å². The molecule has 22 heavy (non-hydrogen) atoms. The van der Waals surface area contributed by atoms with Crippen LogP contribution in [0.2, 0.25) is 10.0 Å². The summed E-state index contributed by atoms with van der Waals surface area (Å²) in [4.78, 5) is 22.7. The van der Waals surface area contributed by atoms with E-state index < -0.39 is 4.92 Å². The molecular formula is C14H10Cl2N2O3S. The van der Waals surface area contributed by atoms with Crippen molar-refractivity contribution in [3.05, 3.63) is 62.6 Å². The van der Waals surface area contributed by atoms with Crippen LogP contribution in [0.1, 0.15) is 0 Å². The summed E-state index contributed by atoms with van der Waals surface area (Å²) < 4.78 is 0. The lowest BCUT2D eigenvalue weighted by molar-refractivity contribution is -0.384. The molecule has 0 saturated heterocycles. The van der Waals surface area contributed by atoms with Gasteiger partial charge in [-0.2, -0.15) is 0 Å². The molecule has 2 rings (SSSR count). The van der Waals surface area contributed by atoms with Gasteiger partial charge in [-0.3, -0.25) is 14.9 Å². The minimum atomic E-state index is -0.470. The van der Waals surface area contributed by atoms with Crippen LogP contribution in [0.15, 0.2) is 47.4 Å². The second-order valence-corrected chi connectivity index (χ2v) is 6.10. The van der Waals surface area contributed by atoms with Gasteiger partial charge < -0.3 is 5.32 Å². The van der Waals surface area contributed by atoms with E-state index in [-0.39, 0.29) is 17.3 Å². The van der Waals surface area contributed by atoms with Gasteiger partial charge >= 0.3 is 0 Å². The fraction of sp³-hybridized carbons (Fsp3) is 0.0714. The highest BCUT2D eigenvalue weighted by Gasteiger charge is 2.09. The molecule has 0 fully saturated rings. The van der Waals surface area contributed by atoms with Crippen molar-refractivity contribution in [3.8, 4) is 0 Å². The van der Waals surface area contributed by atoms with E-state index in [2.05, 4.69) is 5.32 Å². The summed E-state index contributed by atoms with van der Waals surface area (Å²) in [5.41, 5.74) is 0.461. The number of non-ortho nitro benzene ring substituents is 1.